The van der Waals surface area contributed by atoms with Crippen molar-refractivity contribution < 1.29 is 9.34 Å². The maximum Gasteiger partial charge on any atom is 0.269 e. The van der Waals surface area contributed by atoms with Gasteiger partial charge in [-0.05, 0) is 31.9 Å². The van der Waals surface area contributed by atoms with Crippen LogP contribution in [0.15, 0.2) is 28.7 Å². The van der Waals surface area contributed by atoms with Crippen LogP contribution < -0.4 is 0 Å². The first-order valence-electron chi connectivity index (χ1n) is 7.87. The summed E-state index contributed by atoms with van der Waals surface area (Å²) in [6.07, 6.45) is 6.48. The molecular formula is C16H19N3O3S. The number of rotatable bonds is 5. The lowest BCUT2D eigenvalue weighted by atomic mass is 10.0. The highest BCUT2D eigenvalue weighted by Gasteiger charge is 2.22. The number of nitrogens with zero attached hydrogens (tertiary/aromatic N) is 3. The normalized spacial score (nSPS) is 17.1. The molecule has 0 spiro atoms. The van der Waals surface area contributed by atoms with Crippen molar-refractivity contribution in [3.05, 3.63) is 40.3 Å². The first-order chi connectivity index (χ1) is 11.1. The fraction of sp³-hybridized carbons (Fsp3) is 0.500. The summed E-state index contributed by atoms with van der Waals surface area (Å²) in [5.41, 5.74) is 0.749. The Kier molecular flexibility index (Phi) is 4.95. The molecule has 0 saturated heterocycles. The Morgan fingerprint density at radius 3 is 2.57 bits per heavy atom. The van der Waals surface area contributed by atoms with Gasteiger partial charge in [-0.25, -0.2) is 0 Å². The molecule has 1 aliphatic rings. The molecule has 3 rings (SSSR count). The zero-order valence-corrected chi connectivity index (χ0v) is 13.8. The van der Waals surface area contributed by atoms with E-state index >= 15 is 0 Å². The van der Waals surface area contributed by atoms with Gasteiger partial charge in [0, 0.05) is 22.9 Å². The molecule has 1 aromatic carbocycles. The van der Waals surface area contributed by atoms with Gasteiger partial charge in [-0.15, -0.1) is 22.0 Å². The minimum Gasteiger partial charge on any atom is -0.420 e. The van der Waals surface area contributed by atoms with E-state index < -0.39 is 4.92 Å². The number of thioether (sulfide) groups is 1. The van der Waals surface area contributed by atoms with E-state index in [1.54, 1.807) is 12.1 Å². The second-order valence-electron chi connectivity index (χ2n) is 5.79. The van der Waals surface area contributed by atoms with Crippen molar-refractivity contribution in [3.8, 4) is 11.5 Å². The van der Waals surface area contributed by atoms with Gasteiger partial charge in [-0.2, -0.15) is 0 Å². The summed E-state index contributed by atoms with van der Waals surface area (Å²) in [6, 6.07) is 6.15. The van der Waals surface area contributed by atoms with Crippen LogP contribution in [0.4, 0.5) is 5.69 Å². The highest BCUT2D eigenvalue weighted by atomic mass is 32.2. The molecule has 0 radical (unpaired) electrons. The van der Waals surface area contributed by atoms with Gasteiger partial charge < -0.3 is 4.42 Å². The largest absolute Gasteiger partial charge is 0.420 e. The van der Waals surface area contributed by atoms with Crippen LogP contribution in [0, 0.1) is 10.1 Å². The SMILES string of the molecule is CC(SC1CCCCC1)c1nnc(-c2ccc([N+](=O)[O-])cc2)o1. The summed E-state index contributed by atoms with van der Waals surface area (Å²) >= 11 is 1.90. The zero-order valence-electron chi connectivity index (χ0n) is 13.0. The van der Waals surface area contributed by atoms with Crippen LogP contribution in [0.2, 0.25) is 0 Å². The van der Waals surface area contributed by atoms with E-state index in [0.717, 1.165) is 0 Å². The quantitative estimate of drug-likeness (QED) is 0.579. The van der Waals surface area contributed by atoms with E-state index in [4.69, 9.17) is 4.42 Å². The monoisotopic (exact) mass is 333 g/mol. The van der Waals surface area contributed by atoms with Crippen molar-refractivity contribution in [1.82, 2.24) is 10.2 Å². The topological polar surface area (TPSA) is 82.1 Å². The molecule has 2 aromatic rings. The molecule has 1 unspecified atom stereocenters. The molecule has 1 atom stereocenters. The molecular weight excluding hydrogens is 314 g/mol. The van der Waals surface area contributed by atoms with E-state index in [1.807, 2.05) is 11.8 Å². The van der Waals surface area contributed by atoms with E-state index in [2.05, 4.69) is 17.1 Å². The average molecular weight is 333 g/mol. The van der Waals surface area contributed by atoms with Gasteiger partial charge >= 0.3 is 0 Å². The van der Waals surface area contributed by atoms with Crippen molar-refractivity contribution in [1.29, 1.82) is 0 Å². The van der Waals surface area contributed by atoms with Crippen LogP contribution in [-0.4, -0.2) is 20.4 Å². The highest BCUT2D eigenvalue weighted by Crippen LogP contribution is 2.38. The second-order valence-corrected chi connectivity index (χ2v) is 7.43. The molecule has 0 aliphatic heterocycles. The molecule has 7 heteroatoms. The Labute approximate surface area is 138 Å². The molecule has 6 nitrogen and oxygen atoms in total. The first-order valence-corrected chi connectivity index (χ1v) is 8.81. The van der Waals surface area contributed by atoms with E-state index in [1.165, 1.54) is 44.2 Å². The van der Waals surface area contributed by atoms with Crippen molar-refractivity contribution in [2.45, 2.75) is 49.5 Å². The van der Waals surface area contributed by atoms with Crippen LogP contribution >= 0.6 is 11.8 Å². The van der Waals surface area contributed by atoms with Crippen LogP contribution in [-0.2, 0) is 0 Å². The summed E-state index contributed by atoms with van der Waals surface area (Å²) < 4.78 is 5.76. The third-order valence-corrected chi connectivity index (χ3v) is 5.53. The van der Waals surface area contributed by atoms with Crippen molar-refractivity contribution >= 4 is 17.4 Å². The summed E-state index contributed by atoms with van der Waals surface area (Å²) in [6.45, 7) is 2.09. The Balaban J connectivity index is 1.68. The third kappa shape index (κ3) is 3.90. The molecule has 1 aliphatic carbocycles. The van der Waals surface area contributed by atoms with Crippen molar-refractivity contribution in [2.75, 3.05) is 0 Å². The fourth-order valence-corrected chi connectivity index (χ4v) is 4.18. The van der Waals surface area contributed by atoms with Gasteiger partial charge in [0.15, 0.2) is 0 Å². The molecule has 1 saturated carbocycles. The van der Waals surface area contributed by atoms with E-state index in [0.29, 0.717) is 22.6 Å². The maximum atomic E-state index is 10.7. The number of benzene rings is 1. The molecule has 0 bridgehead atoms. The maximum absolute atomic E-state index is 10.7. The summed E-state index contributed by atoms with van der Waals surface area (Å²) in [5.74, 6) is 1.03. The lowest BCUT2D eigenvalue weighted by molar-refractivity contribution is -0.384. The summed E-state index contributed by atoms with van der Waals surface area (Å²) in [7, 11) is 0. The lowest BCUT2D eigenvalue weighted by Gasteiger charge is -2.22. The van der Waals surface area contributed by atoms with E-state index in [9.17, 15) is 10.1 Å². The Morgan fingerprint density at radius 1 is 1.22 bits per heavy atom. The summed E-state index contributed by atoms with van der Waals surface area (Å²) in [4.78, 5) is 10.3. The van der Waals surface area contributed by atoms with Gasteiger partial charge in [-0.3, -0.25) is 10.1 Å². The van der Waals surface area contributed by atoms with Gasteiger partial charge in [0.1, 0.15) is 0 Å². The van der Waals surface area contributed by atoms with Gasteiger partial charge in [-0.1, -0.05) is 19.3 Å². The number of hydrogen-bond acceptors (Lipinski definition) is 6. The first kappa shape index (κ1) is 16.0. The number of aromatic nitrogens is 2. The van der Waals surface area contributed by atoms with Crippen molar-refractivity contribution in [2.24, 2.45) is 0 Å². The third-order valence-electron chi connectivity index (χ3n) is 4.06. The highest BCUT2D eigenvalue weighted by molar-refractivity contribution is 8.00. The smallest absolute Gasteiger partial charge is 0.269 e. The second kappa shape index (κ2) is 7.12. The van der Waals surface area contributed by atoms with Crippen LogP contribution in [0.5, 0.6) is 0 Å². The van der Waals surface area contributed by atoms with Gasteiger partial charge in [0.25, 0.3) is 5.69 Å². The molecule has 1 fully saturated rings. The molecule has 0 N–H and O–H groups in total. The van der Waals surface area contributed by atoms with Crippen LogP contribution in [0.3, 0.4) is 0 Å². The molecule has 1 aromatic heterocycles. The van der Waals surface area contributed by atoms with Gasteiger partial charge in [0.05, 0.1) is 10.2 Å². The Bertz CT molecular complexity index is 665. The van der Waals surface area contributed by atoms with Gasteiger partial charge in [0.2, 0.25) is 11.8 Å². The Morgan fingerprint density at radius 2 is 1.91 bits per heavy atom. The standard InChI is InChI=1S/C16H19N3O3S/c1-11(23-14-5-3-2-4-6-14)15-17-18-16(22-15)12-7-9-13(10-8-12)19(20)21/h7-11,14H,2-6H2,1H3. The molecule has 0 amide bonds. The number of nitro benzene ring substituents is 1. The minimum atomic E-state index is -0.425. The molecule has 23 heavy (non-hydrogen) atoms. The minimum absolute atomic E-state index is 0.0507. The average Bonchev–Trinajstić information content (AvgIpc) is 3.06. The lowest BCUT2D eigenvalue weighted by Crippen LogP contribution is -2.09. The van der Waals surface area contributed by atoms with E-state index in [-0.39, 0.29) is 10.9 Å². The fourth-order valence-electron chi connectivity index (χ4n) is 2.79. The number of hydrogen-bond donors (Lipinski definition) is 0. The van der Waals surface area contributed by atoms with Crippen molar-refractivity contribution in [3.63, 3.8) is 0 Å². The number of nitro groups is 1. The zero-order chi connectivity index (χ0) is 16.2. The molecule has 122 valence electrons. The van der Waals surface area contributed by atoms with Crippen LogP contribution in [0.25, 0.3) is 11.5 Å². The number of non-ortho nitro benzene ring substituents is 1. The van der Waals surface area contributed by atoms with Crippen LogP contribution in [0.1, 0.15) is 50.2 Å². The predicted molar refractivity (Wildman–Crippen MR) is 89.3 cm³/mol. The predicted octanol–water partition coefficient (Wildman–Crippen LogP) is 4.77. The summed E-state index contributed by atoms with van der Waals surface area (Å²) in [5, 5.41) is 19.7. The Hall–Kier alpha value is -1.89. The molecule has 1 heterocycles.